The van der Waals surface area contributed by atoms with Gasteiger partial charge in [0.15, 0.2) is 0 Å². The van der Waals surface area contributed by atoms with Crippen molar-refractivity contribution in [2.24, 2.45) is 0 Å². The van der Waals surface area contributed by atoms with Crippen molar-refractivity contribution in [1.29, 1.82) is 5.26 Å². The van der Waals surface area contributed by atoms with Crippen molar-refractivity contribution >= 4 is 45.9 Å². The fraction of sp³-hybridized carbons (Fsp3) is 0.200. The fourth-order valence-corrected chi connectivity index (χ4v) is 4.69. The number of para-hydroxylation sites is 1. The number of rotatable bonds is 6. The minimum atomic E-state index is -0.993. The average Bonchev–Trinajstić information content (AvgIpc) is 3.30. The molecule has 0 aliphatic carbocycles. The minimum Gasteiger partial charge on any atom is -0.464 e. The van der Waals surface area contributed by atoms with E-state index in [2.05, 4.69) is 6.07 Å². The molecule has 0 N–H and O–H groups in total. The van der Waals surface area contributed by atoms with E-state index in [0.29, 0.717) is 12.1 Å². The van der Waals surface area contributed by atoms with Crippen LogP contribution < -0.4 is 0 Å². The number of aromatic nitrogens is 1. The first-order valence-electron chi connectivity index (χ1n) is 10.4. The van der Waals surface area contributed by atoms with E-state index in [4.69, 9.17) is 4.74 Å². The van der Waals surface area contributed by atoms with Gasteiger partial charge in [-0.05, 0) is 49.4 Å². The second kappa shape index (κ2) is 9.35. The van der Waals surface area contributed by atoms with Crippen LogP contribution in [0.5, 0.6) is 0 Å². The van der Waals surface area contributed by atoms with Crippen LogP contribution in [-0.2, 0) is 20.9 Å². The highest BCUT2D eigenvalue weighted by molar-refractivity contribution is 8.18. The summed E-state index contributed by atoms with van der Waals surface area (Å²) in [5, 5.41) is 9.84. The summed E-state index contributed by atoms with van der Waals surface area (Å²) in [4.78, 5) is 38.7. The molecule has 2 amide bonds. The molecule has 2 heterocycles. The van der Waals surface area contributed by atoms with E-state index in [1.54, 1.807) is 19.1 Å². The Morgan fingerprint density at radius 2 is 1.91 bits per heavy atom. The molecule has 1 aliphatic rings. The molecule has 2 aromatic carbocycles. The van der Waals surface area contributed by atoms with Gasteiger partial charge in [0.1, 0.15) is 6.04 Å². The molecule has 1 fully saturated rings. The van der Waals surface area contributed by atoms with Crippen LogP contribution in [0.3, 0.4) is 0 Å². The van der Waals surface area contributed by atoms with Crippen molar-refractivity contribution in [3.05, 3.63) is 76.3 Å². The Hall–Kier alpha value is -3.83. The molecule has 0 bridgehead atoms. The number of carbonyl (C=O) groups excluding carboxylic acids is 3. The third-order valence-electron chi connectivity index (χ3n) is 5.42. The molecule has 7 nitrogen and oxygen atoms in total. The number of carbonyl (C=O) groups is 3. The Balaban J connectivity index is 1.70. The standard InChI is InChI=1S/C25H21N3O4S/c1-3-32-24(30)16(2)28-23(29)22(33-25(28)31)12-19-15-27(21-11-7-6-10-20(19)21)14-18-9-5-4-8-17(18)13-26/h4-12,15-16H,3,14H2,1-2H3/b22-12+. The van der Waals surface area contributed by atoms with Gasteiger partial charge < -0.3 is 9.30 Å². The molecular formula is C25H21N3O4S. The maximum Gasteiger partial charge on any atom is 0.329 e. The van der Waals surface area contributed by atoms with Gasteiger partial charge in [0.2, 0.25) is 0 Å². The van der Waals surface area contributed by atoms with E-state index >= 15 is 0 Å². The van der Waals surface area contributed by atoms with Crippen LogP contribution in [0.2, 0.25) is 0 Å². The summed E-state index contributed by atoms with van der Waals surface area (Å²) in [5.41, 5.74) is 3.20. The fourth-order valence-electron chi connectivity index (χ4n) is 3.80. The predicted octanol–water partition coefficient (Wildman–Crippen LogP) is 4.55. The number of ether oxygens (including phenoxy) is 1. The lowest BCUT2D eigenvalue weighted by Gasteiger charge is -2.19. The number of nitriles is 1. The topological polar surface area (TPSA) is 92.4 Å². The van der Waals surface area contributed by atoms with E-state index in [0.717, 1.165) is 38.7 Å². The molecule has 0 radical (unpaired) electrons. The average molecular weight is 460 g/mol. The minimum absolute atomic E-state index is 0.170. The van der Waals surface area contributed by atoms with Crippen molar-refractivity contribution in [3.8, 4) is 6.07 Å². The number of nitrogens with zero attached hydrogens (tertiary/aromatic N) is 3. The quantitative estimate of drug-likeness (QED) is 0.397. The van der Waals surface area contributed by atoms with E-state index in [1.807, 2.05) is 53.2 Å². The van der Waals surface area contributed by atoms with Gasteiger partial charge in [-0.3, -0.25) is 14.5 Å². The highest BCUT2D eigenvalue weighted by atomic mass is 32.2. The molecule has 4 rings (SSSR count). The van der Waals surface area contributed by atoms with Gasteiger partial charge in [-0.25, -0.2) is 4.79 Å². The van der Waals surface area contributed by atoms with Crippen LogP contribution in [0.1, 0.15) is 30.5 Å². The van der Waals surface area contributed by atoms with Gasteiger partial charge in [-0.15, -0.1) is 0 Å². The SMILES string of the molecule is CCOC(=O)C(C)N1C(=O)S/C(=C/c2cn(Cc3ccccc3C#N)c3ccccc23)C1=O. The molecule has 1 unspecified atom stereocenters. The van der Waals surface area contributed by atoms with Crippen molar-refractivity contribution < 1.29 is 19.1 Å². The third-order valence-corrected chi connectivity index (χ3v) is 6.31. The second-order valence-corrected chi connectivity index (χ2v) is 8.47. The summed E-state index contributed by atoms with van der Waals surface area (Å²) >= 11 is 0.807. The van der Waals surface area contributed by atoms with Gasteiger partial charge in [0.25, 0.3) is 11.1 Å². The summed E-state index contributed by atoms with van der Waals surface area (Å²) in [6, 6.07) is 16.4. The Bertz CT molecular complexity index is 1330. The van der Waals surface area contributed by atoms with Crippen LogP contribution in [0.15, 0.2) is 59.6 Å². The maximum atomic E-state index is 13.0. The predicted molar refractivity (Wildman–Crippen MR) is 126 cm³/mol. The lowest BCUT2D eigenvalue weighted by Crippen LogP contribution is -2.42. The first-order valence-corrected chi connectivity index (χ1v) is 11.3. The van der Waals surface area contributed by atoms with Crippen LogP contribution in [0.4, 0.5) is 4.79 Å². The second-order valence-electron chi connectivity index (χ2n) is 7.48. The molecule has 1 saturated heterocycles. The zero-order valence-corrected chi connectivity index (χ0v) is 19.0. The highest BCUT2D eigenvalue weighted by Gasteiger charge is 2.41. The summed E-state index contributed by atoms with van der Waals surface area (Å²) < 4.78 is 6.98. The summed E-state index contributed by atoms with van der Waals surface area (Å²) in [7, 11) is 0. The smallest absolute Gasteiger partial charge is 0.329 e. The first kappa shape index (κ1) is 22.4. The van der Waals surface area contributed by atoms with Gasteiger partial charge in [-0.2, -0.15) is 5.26 Å². The van der Waals surface area contributed by atoms with Gasteiger partial charge in [0, 0.05) is 29.2 Å². The number of amides is 2. The lowest BCUT2D eigenvalue weighted by atomic mass is 10.1. The molecule has 8 heteroatoms. The molecule has 0 saturated carbocycles. The molecule has 1 aromatic heterocycles. The zero-order chi connectivity index (χ0) is 23.5. The summed E-state index contributed by atoms with van der Waals surface area (Å²) in [6.07, 6.45) is 3.58. The van der Waals surface area contributed by atoms with E-state index in [9.17, 15) is 19.6 Å². The Kier molecular flexibility index (Phi) is 6.33. The molecule has 1 atom stereocenters. The number of hydrogen-bond donors (Lipinski definition) is 0. The Morgan fingerprint density at radius 1 is 1.18 bits per heavy atom. The number of hydrogen-bond acceptors (Lipinski definition) is 6. The molecule has 0 spiro atoms. The number of fused-ring (bicyclic) bond motifs is 1. The maximum absolute atomic E-state index is 13.0. The largest absolute Gasteiger partial charge is 0.464 e. The molecule has 3 aromatic rings. The third kappa shape index (κ3) is 4.28. The Morgan fingerprint density at radius 3 is 2.67 bits per heavy atom. The van der Waals surface area contributed by atoms with Gasteiger partial charge in [-0.1, -0.05) is 36.4 Å². The highest BCUT2D eigenvalue weighted by Crippen LogP contribution is 2.35. The number of imide groups is 1. The van der Waals surface area contributed by atoms with Gasteiger partial charge >= 0.3 is 5.97 Å². The van der Waals surface area contributed by atoms with Crippen molar-refractivity contribution in [2.45, 2.75) is 26.4 Å². The number of benzene rings is 2. The van der Waals surface area contributed by atoms with Crippen LogP contribution >= 0.6 is 11.8 Å². The summed E-state index contributed by atoms with van der Waals surface area (Å²) in [6.45, 7) is 3.81. The van der Waals surface area contributed by atoms with Crippen LogP contribution in [0.25, 0.3) is 17.0 Å². The lowest BCUT2D eigenvalue weighted by molar-refractivity contribution is -0.150. The van der Waals surface area contributed by atoms with Crippen molar-refractivity contribution in [3.63, 3.8) is 0 Å². The number of thioether (sulfide) groups is 1. The van der Waals surface area contributed by atoms with E-state index in [1.165, 1.54) is 6.92 Å². The molecular weight excluding hydrogens is 438 g/mol. The van der Waals surface area contributed by atoms with Crippen molar-refractivity contribution in [2.75, 3.05) is 6.61 Å². The first-order chi connectivity index (χ1) is 15.9. The zero-order valence-electron chi connectivity index (χ0n) is 18.1. The van der Waals surface area contributed by atoms with E-state index in [-0.39, 0.29) is 11.5 Å². The molecule has 1 aliphatic heterocycles. The van der Waals surface area contributed by atoms with Gasteiger partial charge in [0.05, 0.1) is 23.1 Å². The monoisotopic (exact) mass is 459 g/mol. The normalized spacial score (nSPS) is 15.8. The van der Waals surface area contributed by atoms with Crippen LogP contribution in [-0.4, -0.2) is 39.2 Å². The summed E-state index contributed by atoms with van der Waals surface area (Å²) in [5.74, 6) is -1.13. The Labute approximate surface area is 195 Å². The number of esters is 1. The van der Waals surface area contributed by atoms with E-state index < -0.39 is 23.2 Å². The molecule has 166 valence electrons. The van der Waals surface area contributed by atoms with Crippen LogP contribution in [0, 0.1) is 11.3 Å². The van der Waals surface area contributed by atoms with Crippen molar-refractivity contribution in [1.82, 2.24) is 9.47 Å². The molecule has 33 heavy (non-hydrogen) atoms.